The summed E-state index contributed by atoms with van der Waals surface area (Å²) in [5, 5.41) is 4.68. The highest BCUT2D eigenvalue weighted by atomic mass is 16.5. The van der Waals surface area contributed by atoms with Crippen molar-refractivity contribution in [3.63, 3.8) is 0 Å². The quantitative estimate of drug-likeness (QED) is 0.678. The molecular weight excluding hydrogens is 374 g/mol. The van der Waals surface area contributed by atoms with Crippen LogP contribution in [0.4, 0.5) is 10.5 Å². The van der Waals surface area contributed by atoms with Crippen molar-refractivity contribution in [3.8, 4) is 0 Å². The van der Waals surface area contributed by atoms with Crippen molar-refractivity contribution < 1.29 is 23.9 Å². The van der Waals surface area contributed by atoms with E-state index in [1.807, 2.05) is 45.9 Å². The number of carbonyl (C=O) groups is 4. The molecule has 0 unspecified atom stereocenters. The summed E-state index contributed by atoms with van der Waals surface area (Å²) in [5.74, 6) is -1.70. The van der Waals surface area contributed by atoms with E-state index in [9.17, 15) is 19.2 Å². The highest BCUT2D eigenvalue weighted by molar-refractivity contribution is 6.00. The van der Waals surface area contributed by atoms with Gasteiger partial charge in [0.1, 0.15) is 0 Å². The van der Waals surface area contributed by atoms with Crippen molar-refractivity contribution in [1.82, 2.24) is 10.6 Å². The molecule has 158 valence electrons. The molecule has 1 saturated heterocycles. The van der Waals surface area contributed by atoms with Crippen molar-refractivity contribution in [2.75, 3.05) is 24.6 Å². The largest absolute Gasteiger partial charge is 0.455 e. The number of carbonyl (C=O) groups excluding carboxylic acids is 4. The van der Waals surface area contributed by atoms with Crippen LogP contribution in [0.5, 0.6) is 0 Å². The maximum atomic E-state index is 12.4. The SMILES string of the molecule is Cc1cccc(N2C[C@@H](C(=O)OCC(=O)NC(=O)NCCC(C)C)CC2=O)c1C. The van der Waals surface area contributed by atoms with Crippen LogP contribution in [0.1, 0.15) is 37.8 Å². The Bertz CT molecular complexity index is 791. The first kappa shape index (κ1) is 22.4. The molecule has 1 aromatic rings. The molecule has 0 aliphatic carbocycles. The third-order valence-electron chi connectivity index (χ3n) is 4.93. The zero-order chi connectivity index (χ0) is 21.6. The van der Waals surface area contributed by atoms with Gasteiger partial charge in [-0.05, 0) is 43.4 Å². The van der Waals surface area contributed by atoms with E-state index in [0.29, 0.717) is 12.5 Å². The van der Waals surface area contributed by atoms with E-state index in [2.05, 4.69) is 10.6 Å². The van der Waals surface area contributed by atoms with Crippen LogP contribution < -0.4 is 15.5 Å². The monoisotopic (exact) mass is 403 g/mol. The van der Waals surface area contributed by atoms with Gasteiger partial charge in [0.2, 0.25) is 5.91 Å². The summed E-state index contributed by atoms with van der Waals surface area (Å²) in [5.41, 5.74) is 2.82. The fraction of sp³-hybridized carbons (Fsp3) is 0.524. The van der Waals surface area contributed by atoms with Crippen LogP contribution in [-0.4, -0.2) is 43.5 Å². The van der Waals surface area contributed by atoms with Crippen molar-refractivity contribution in [2.45, 2.75) is 40.5 Å². The Hall–Kier alpha value is -2.90. The number of anilines is 1. The molecule has 0 bridgehead atoms. The first-order chi connectivity index (χ1) is 13.7. The Morgan fingerprint density at radius 1 is 1.24 bits per heavy atom. The molecule has 1 heterocycles. The van der Waals surface area contributed by atoms with Crippen molar-refractivity contribution in [1.29, 1.82) is 0 Å². The molecule has 29 heavy (non-hydrogen) atoms. The highest BCUT2D eigenvalue weighted by Gasteiger charge is 2.37. The average molecular weight is 403 g/mol. The molecule has 8 nitrogen and oxygen atoms in total. The summed E-state index contributed by atoms with van der Waals surface area (Å²) < 4.78 is 5.01. The number of imide groups is 1. The first-order valence-electron chi connectivity index (χ1n) is 9.80. The number of hydrogen-bond donors (Lipinski definition) is 2. The minimum atomic E-state index is -0.712. The number of esters is 1. The number of hydrogen-bond acceptors (Lipinski definition) is 5. The van der Waals surface area contributed by atoms with Crippen LogP contribution in [0.3, 0.4) is 0 Å². The maximum absolute atomic E-state index is 12.4. The molecule has 2 rings (SSSR count). The molecule has 1 atom stereocenters. The lowest BCUT2D eigenvalue weighted by Crippen LogP contribution is -2.42. The van der Waals surface area contributed by atoms with Crippen molar-refractivity contribution in [2.24, 2.45) is 11.8 Å². The summed E-state index contributed by atoms with van der Waals surface area (Å²) in [7, 11) is 0. The molecule has 0 radical (unpaired) electrons. The molecule has 1 aromatic carbocycles. The fourth-order valence-electron chi connectivity index (χ4n) is 3.06. The molecule has 2 N–H and O–H groups in total. The number of nitrogens with zero attached hydrogens (tertiary/aromatic N) is 1. The van der Waals surface area contributed by atoms with Gasteiger partial charge >= 0.3 is 12.0 Å². The summed E-state index contributed by atoms with van der Waals surface area (Å²) in [6.45, 7) is 8.04. The van der Waals surface area contributed by atoms with Crippen LogP contribution in [0, 0.1) is 25.7 Å². The second-order valence-corrected chi connectivity index (χ2v) is 7.72. The van der Waals surface area contributed by atoms with E-state index in [4.69, 9.17) is 4.74 Å². The molecule has 1 aliphatic heterocycles. The standard InChI is InChI=1S/C21H29N3O5/c1-13(2)8-9-22-21(28)23-18(25)12-29-20(27)16-10-19(26)24(11-16)17-7-5-6-14(3)15(17)4/h5-7,13,16H,8-12H2,1-4H3,(H2,22,23,25,28)/t16-/m0/s1. The summed E-state index contributed by atoms with van der Waals surface area (Å²) in [6, 6.07) is 5.05. The molecule has 1 aliphatic rings. The molecular formula is C21H29N3O5. The third kappa shape index (κ3) is 6.30. The van der Waals surface area contributed by atoms with Crippen molar-refractivity contribution in [3.05, 3.63) is 29.3 Å². The van der Waals surface area contributed by atoms with E-state index < -0.39 is 30.4 Å². The van der Waals surface area contributed by atoms with E-state index in [-0.39, 0.29) is 18.9 Å². The zero-order valence-electron chi connectivity index (χ0n) is 17.4. The summed E-state index contributed by atoms with van der Waals surface area (Å²) >= 11 is 0. The Balaban J connectivity index is 1.81. The number of ether oxygens (including phenoxy) is 1. The van der Waals surface area contributed by atoms with E-state index in [0.717, 1.165) is 23.2 Å². The number of aryl methyl sites for hydroxylation is 1. The topological polar surface area (TPSA) is 105 Å². The number of rotatable bonds is 7. The normalized spacial score (nSPS) is 16.1. The Labute approximate surface area is 171 Å². The summed E-state index contributed by atoms with van der Waals surface area (Å²) in [4.78, 5) is 49.6. The molecule has 8 heteroatoms. The average Bonchev–Trinajstić information content (AvgIpc) is 3.03. The Morgan fingerprint density at radius 3 is 2.66 bits per heavy atom. The van der Waals surface area contributed by atoms with Gasteiger partial charge in [-0.3, -0.25) is 19.7 Å². The van der Waals surface area contributed by atoms with Crippen LogP contribution in [0.25, 0.3) is 0 Å². The molecule has 4 amide bonds. The van der Waals surface area contributed by atoms with Crippen LogP contribution in [0.15, 0.2) is 18.2 Å². The number of amides is 4. The number of benzene rings is 1. The number of urea groups is 1. The van der Waals surface area contributed by atoms with Gasteiger partial charge in [-0.1, -0.05) is 26.0 Å². The van der Waals surface area contributed by atoms with Crippen LogP contribution >= 0.6 is 0 Å². The lowest BCUT2D eigenvalue weighted by atomic mass is 10.1. The van der Waals surface area contributed by atoms with Gasteiger partial charge in [-0.2, -0.15) is 0 Å². The summed E-state index contributed by atoms with van der Waals surface area (Å²) in [6.07, 6.45) is 0.826. The predicted octanol–water partition coefficient (Wildman–Crippen LogP) is 2.07. The minimum Gasteiger partial charge on any atom is -0.455 e. The molecule has 0 saturated carbocycles. The van der Waals surface area contributed by atoms with Gasteiger partial charge in [0, 0.05) is 25.2 Å². The fourth-order valence-corrected chi connectivity index (χ4v) is 3.06. The smallest absolute Gasteiger partial charge is 0.321 e. The van der Waals surface area contributed by atoms with Gasteiger partial charge in [-0.15, -0.1) is 0 Å². The van der Waals surface area contributed by atoms with Gasteiger partial charge in [0.15, 0.2) is 6.61 Å². The maximum Gasteiger partial charge on any atom is 0.321 e. The first-order valence-corrected chi connectivity index (χ1v) is 9.80. The lowest BCUT2D eigenvalue weighted by Gasteiger charge is -2.20. The second-order valence-electron chi connectivity index (χ2n) is 7.72. The molecule has 0 aromatic heterocycles. The third-order valence-corrected chi connectivity index (χ3v) is 4.93. The van der Waals surface area contributed by atoms with Gasteiger partial charge < -0.3 is 15.0 Å². The Morgan fingerprint density at radius 2 is 1.97 bits per heavy atom. The predicted molar refractivity (Wildman–Crippen MR) is 108 cm³/mol. The highest BCUT2D eigenvalue weighted by Crippen LogP contribution is 2.29. The lowest BCUT2D eigenvalue weighted by molar-refractivity contribution is -0.152. The van der Waals surface area contributed by atoms with Gasteiger partial charge in [-0.25, -0.2) is 4.79 Å². The van der Waals surface area contributed by atoms with E-state index in [1.165, 1.54) is 0 Å². The minimum absolute atomic E-state index is 0.0313. The number of nitrogens with one attached hydrogen (secondary N) is 2. The zero-order valence-corrected chi connectivity index (χ0v) is 17.4. The van der Waals surface area contributed by atoms with E-state index in [1.54, 1.807) is 4.90 Å². The van der Waals surface area contributed by atoms with Crippen LogP contribution in [-0.2, 0) is 19.1 Å². The molecule has 1 fully saturated rings. The van der Waals surface area contributed by atoms with Gasteiger partial charge in [0.25, 0.3) is 5.91 Å². The Kier molecular flexibility index (Phi) is 7.75. The van der Waals surface area contributed by atoms with E-state index >= 15 is 0 Å². The second kappa shape index (κ2) is 10.0. The van der Waals surface area contributed by atoms with Crippen molar-refractivity contribution >= 4 is 29.5 Å². The van der Waals surface area contributed by atoms with Crippen LogP contribution in [0.2, 0.25) is 0 Å². The van der Waals surface area contributed by atoms with Gasteiger partial charge in [0.05, 0.1) is 5.92 Å². The molecule has 0 spiro atoms.